The number of benzene rings is 1. The minimum Gasteiger partial charge on any atom is -0.426 e. The topological polar surface area (TPSA) is 94.5 Å². The van der Waals surface area contributed by atoms with Gasteiger partial charge in [0.2, 0.25) is 0 Å². The van der Waals surface area contributed by atoms with E-state index in [4.69, 9.17) is 5.26 Å². The predicted molar refractivity (Wildman–Crippen MR) is 90.3 cm³/mol. The molecule has 0 radical (unpaired) electrons. The molecule has 1 aromatic carbocycles. The number of amides is 3. The number of urea groups is 1. The van der Waals surface area contributed by atoms with E-state index in [0.29, 0.717) is 11.3 Å². The van der Waals surface area contributed by atoms with Gasteiger partial charge in [-0.15, -0.1) is 0 Å². The second kappa shape index (κ2) is 9.10. The standard InChI is InChI=1S/C17H16F6N4O3/c18-16(19,20)13(17(21,22)23)30-15(29)27-7-5-12(6-8-27)26-14(28)25-11-3-1-10(9-24)2-4-11/h1-4,12-13H,5-8H2,(H2,25,26,28). The van der Waals surface area contributed by atoms with Gasteiger partial charge in [-0.3, -0.25) is 0 Å². The summed E-state index contributed by atoms with van der Waals surface area (Å²) in [4.78, 5) is 24.4. The average Bonchev–Trinajstić information content (AvgIpc) is 2.65. The molecule has 164 valence electrons. The summed E-state index contributed by atoms with van der Waals surface area (Å²) >= 11 is 0. The summed E-state index contributed by atoms with van der Waals surface area (Å²) in [6.07, 6.45) is -17.3. The van der Waals surface area contributed by atoms with Gasteiger partial charge in [-0.1, -0.05) is 0 Å². The zero-order chi connectivity index (χ0) is 22.5. The minimum atomic E-state index is -5.78. The second-order valence-electron chi connectivity index (χ2n) is 6.40. The van der Waals surface area contributed by atoms with Crippen LogP contribution >= 0.6 is 0 Å². The molecule has 7 nitrogen and oxygen atoms in total. The zero-order valence-corrected chi connectivity index (χ0v) is 15.2. The summed E-state index contributed by atoms with van der Waals surface area (Å²) in [5.41, 5.74) is 0.816. The Morgan fingerprint density at radius 1 is 1.07 bits per heavy atom. The van der Waals surface area contributed by atoms with Crippen molar-refractivity contribution in [2.24, 2.45) is 0 Å². The van der Waals surface area contributed by atoms with Crippen LogP contribution in [0.2, 0.25) is 0 Å². The van der Waals surface area contributed by atoms with E-state index in [0.717, 1.165) is 4.90 Å². The molecule has 3 amide bonds. The Morgan fingerprint density at radius 3 is 2.07 bits per heavy atom. The number of alkyl halides is 6. The van der Waals surface area contributed by atoms with Gasteiger partial charge in [0, 0.05) is 24.8 Å². The monoisotopic (exact) mass is 438 g/mol. The molecule has 0 aromatic heterocycles. The highest BCUT2D eigenvalue weighted by molar-refractivity contribution is 5.89. The van der Waals surface area contributed by atoms with E-state index < -0.39 is 36.6 Å². The Labute approximate surface area is 166 Å². The summed E-state index contributed by atoms with van der Waals surface area (Å²) in [6.45, 7) is -0.383. The van der Waals surface area contributed by atoms with E-state index in [9.17, 15) is 35.9 Å². The number of piperidine rings is 1. The maximum absolute atomic E-state index is 12.5. The van der Waals surface area contributed by atoms with E-state index in [-0.39, 0.29) is 25.9 Å². The molecule has 0 unspecified atom stereocenters. The molecule has 0 bridgehead atoms. The third kappa shape index (κ3) is 6.43. The first-order valence-corrected chi connectivity index (χ1v) is 8.57. The normalized spacial score (nSPS) is 15.5. The second-order valence-corrected chi connectivity index (χ2v) is 6.40. The first-order chi connectivity index (χ1) is 13.9. The third-order valence-electron chi connectivity index (χ3n) is 4.17. The molecule has 1 aliphatic heterocycles. The summed E-state index contributed by atoms with van der Waals surface area (Å²) in [5.74, 6) is 0. The molecule has 1 aromatic rings. The fourth-order valence-corrected chi connectivity index (χ4v) is 2.68. The summed E-state index contributed by atoms with van der Waals surface area (Å²) in [6, 6.07) is 6.89. The van der Waals surface area contributed by atoms with Gasteiger partial charge < -0.3 is 20.3 Å². The maximum atomic E-state index is 12.5. The first-order valence-electron chi connectivity index (χ1n) is 8.57. The highest BCUT2D eigenvalue weighted by atomic mass is 19.4. The lowest BCUT2D eigenvalue weighted by atomic mass is 10.1. The van der Waals surface area contributed by atoms with Crippen molar-refractivity contribution in [1.29, 1.82) is 5.26 Å². The molecule has 0 spiro atoms. The molecule has 0 saturated carbocycles. The fraction of sp³-hybridized carbons (Fsp3) is 0.471. The molecule has 0 atom stereocenters. The highest BCUT2D eigenvalue weighted by Gasteiger charge is 2.60. The molecule has 2 rings (SSSR count). The van der Waals surface area contributed by atoms with E-state index in [1.165, 1.54) is 24.3 Å². The van der Waals surface area contributed by atoms with E-state index >= 15 is 0 Å². The summed E-state index contributed by atoms with van der Waals surface area (Å²) in [5, 5.41) is 13.8. The molecule has 1 aliphatic rings. The lowest BCUT2D eigenvalue weighted by Gasteiger charge is -2.33. The fourth-order valence-electron chi connectivity index (χ4n) is 2.68. The number of nitrogens with one attached hydrogen (secondary N) is 2. The van der Waals surface area contributed by atoms with E-state index in [1.54, 1.807) is 0 Å². The molecule has 30 heavy (non-hydrogen) atoms. The number of ether oxygens (including phenoxy) is 1. The van der Waals surface area contributed by atoms with Gasteiger partial charge >= 0.3 is 24.5 Å². The molecule has 1 saturated heterocycles. The maximum Gasteiger partial charge on any atom is 0.434 e. The van der Waals surface area contributed by atoms with Crippen LogP contribution in [0.25, 0.3) is 0 Å². The molecule has 2 N–H and O–H groups in total. The zero-order valence-electron chi connectivity index (χ0n) is 15.2. The van der Waals surface area contributed by atoms with Crippen LogP contribution in [0.4, 0.5) is 41.6 Å². The molecule has 13 heteroatoms. The van der Waals surface area contributed by atoms with Crippen molar-refractivity contribution in [2.75, 3.05) is 18.4 Å². The Bertz CT molecular complexity index is 782. The van der Waals surface area contributed by atoms with Crippen LogP contribution in [0.15, 0.2) is 24.3 Å². The van der Waals surface area contributed by atoms with Crippen LogP contribution in [0.5, 0.6) is 0 Å². The van der Waals surface area contributed by atoms with Crippen molar-refractivity contribution in [2.45, 2.75) is 37.3 Å². The van der Waals surface area contributed by atoms with Gasteiger partial charge in [0.1, 0.15) is 0 Å². The van der Waals surface area contributed by atoms with Crippen molar-refractivity contribution in [3.05, 3.63) is 29.8 Å². The van der Waals surface area contributed by atoms with Gasteiger partial charge in [-0.25, -0.2) is 9.59 Å². The molecule has 1 heterocycles. The molecular formula is C17H16F6N4O3. The summed E-state index contributed by atoms with van der Waals surface area (Å²) in [7, 11) is 0. The number of carbonyl (C=O) groups excluding carboxylic acids is 2. The molecule has 0 aliphatic carbocycles. The predicted octanol–water partition coefficient (Wildman–Crippen LogP) is 3.77. The number of nitrogens with zero attached hydrogens (tertiary/aromatic N) is 2. The van der Waals surface area contributed by atoms with Crippen LogP contribution < -0.4 is 10.6 Å². The summed E-state index contributed by atoms with van der Waals surface area (Å²) < 4.78 is 78.6. The van der Waals surface area contributed by atoms with Crippen molar-refractivity contribution in [3.63, 3.8) is 0 Å². The van der Waals surface area contributed by atoms with Crippen LogP contribution in [-0.4, -0.2) is 54.6 Å². The van der Waals surface area contributed by atoms with Crippen LogP contribution in [-0.2, 0) is 4.74 Å². The average molecular weight is 438 g/mol. The smallest absolute Gasteiger partial charge is 0.426 e. The number of carbonyl (C=O) groups is 2. The Kier molecular flexibility index (Phi) is 7.01. The van der Waals surface area contributed by atoms with Crippen LogP contribution in [0, 0.1) is 11.3 Å². The highest BCUT2D eigenvalue weighted by Crippen LogP contribution is 2.36. The van der Waals surface area contributed by atoms with Gasteiger partial charge in [0.15, 0.2) is 0 Å². The number of halogens is 6. The number of hydrogen-bond donors (Lipinski definition) is 2. The Balaban J connectivity index is 1.83. The van der Waals surface area contributed by atoms with Crippen molar-refractivity contribution < 1.29 is 40.7 Å². The first kappa shape index (κ1) is 23.1. The SMILES string of the molecule is N#Cc1ccc(NC(=O)NC2CCN(C(=O)OC(C(F)(F)F)C(F)(F)F)CC2)cc1. The minimum absolute atomic E-state index is 0.110. The van der Waals surface area contributed by atoms with Gasteiger partial charge in [-0.05, 0) is 37.1 Å². The third-order valence-corrected chi connectivity index (χ3v) is 4.17. The largest absolute Gasteiger partial charge is 0.434 e. The van der Waals surface area contributed by atoms with Gasteiger partial charge in [-0.2, -0.15) is 31.6 Å². The van der Waals surface area contributed by atoms with Crippen molar-refractivity contribution in [1.82, 2.24) is 10.2 Å². The number of nitriles is 1. The van der Waals surface area contributed by atoms with Crippen molar-refractivity contribution in [3.8, 4) is 6.07 Å². The number of anilines is 1. The van der Waals surface area contributed by atoms with Gasteiger partial charge in [0.25, 0.3) is 6.10 Å². The van der Waals surface area contributed by atoms with E-state index in [2.05, 4.69) is 15.4 Å². The number of rotatable bonds is 3. The van der Waals surface area contributed by atoms with E-state index in [1.807, 2.05) is 6.07 Å². The van der Waals surface area contributed by atoms with Crippen LogP contribution in [0.3, 0.4) is 0 Å². The Morgan fingerprint density at radius 2 is 1.60 bits per heavy atom. The quantitative estimate of drug-likeness (QED) is 0.703. The lowest BCUT2D eigenvalue weighted by Crippen LogP contribution is -2.51. The molecule has 1 fully saturated rings. The number of likely N-dealkylation sites (tertiary alicyclic amines) is 1. The lowest BCUT2D eigenvalue weighted by molar-refractivity contribution is -0.308. The van der Waals surface area contributed by atoms with Gasteiger partial charge in [0.05, 0.1) is 11.6 Å². The number of hydrogen-bond acceptors (Lipinski definition) is 4. The molecular weight excluding hydrogens is 422 g/mol. The van der Waals surface area contributed by atoms with Crippen molar-refractivity contribution >= 4 is 17.8 Å². The van der Waals surface area contributed by atoms with Crippen LogP contribution in [0.1, 0.15) is 18.4 Å². The Hall–Kier alpha value is -3.17.